The summed E-state index contributed by atoms with van der Waals surface area (Å²) in [6, 6.07) is 3.65. The van der Waals surface area contributed by atoms with Crippen molar-refractivity contribution >= 4 is 5.97 Å². The van der Waals surface area contributed by atoms with E-state index in [1.807, 2.05) is 0 Å². The molecule has 0 fully saturated rings. The summed E-state index contributed by atoms with van der Waals surface area (Å²) in [7, 11) is 0. The molecule has 0 aliphatic rings. The van der Waals surface area contributed by atoms with Crippen LogP contribution in [0.4, 0.5) is 13.2 Å². The van der Waals surface area contributed by atoms with Crippen molar-refractivity contribution in [1.29, 1.82) is 0 Å². The SMILES string of the molecule is Cc1cccc(OC(F)(F)F)c1C(=O)O. The first-order valence-electron chi connectivity index (χ1n) is 3.90. The van der Waals surface area contributed by atoms with Crippen molar-refractivity contribution in [3.05, 3.63) is 29.3 Å². The average Bonchev–Trinajstić information content (AvgIpc) is 1.99. The number of hydrogen-bond acceptors (Lipinski definition) is 2. The summed E-state index contributed by atoms with van der Waals surface area (Å²) in [4.78, 5) is 10.7. The minimum atomic E-state index is -4.89. The molecular formula is C9H7F3O3. The lowest BCUT2D eigenvalue weighted by molar-refractivity contribution is -0.274. The van der Waals surface area contributed by atoms with Crippen molar-refractivity contribution < 1.29 is 27.8 Å². The van der Waals surface area contributed by atoms with E-state index in [4.69, 9.17) is 5.11 Å². The number of aromatic carboxylic acids is 1. The third kappa shape index (κ3) is 2.87. The topological polar surface area (TPSA) is 46.5 Å². The molecule has 0 aromatic heterocycles. The van der Waals surface area contributed by atoms with Gasteiger partial charge in [0.05, 0.1) is 0 Å². The van der Waals surface area contributed by atoms with Crippen LogP contribution in [0, 0.1) is 6.92 Å². The van der Waals surface area contributed by atoms with Gasteiger partial charge in [-0.1, -0.05) is 12.1 Å². The highest BCUT2D eigenvalue weighted by atomic mass is 19.4. The van der Waals surface area contributed by atoms with Gasteiger partial charge < -0.3 is 9.84 Å². The second-order valence-corrected chi connectivity index (χ2v) is 2.80. The molecule has 0 aliphatic heterocycles. The lowest BCUT2D eigenvalue weighted by Crippen LogP contribution is -2.19. The number of carbonyl (C=O) groups is 1. The Morgan fingerprint density at radius 3 is 2.47 bits per heavy atom. The summed E-state index contributed by atoms with van der Waals surface area (Å²) < 4.78 is 39.3. The van der Waals surface area contributed by atoms with Gasteiger partial charge in [-0.05, 0) is 18.6 Å². The summed E-state index contributed by atoms with van der Waals surface area (Å²) in [5, 5.41) is 8.70. The van der Waals surface area contributed by atoms with Crippen LogP contribution in [-0.2, 0) is 0 Å². The zero-order valence-electron chi connectivity index (χ0n) is 7.63. The number of rotatable bonds is 2. The minimum Gasteiger partial charge on any atom is -0.478 e. The van der Waals surface area contributed by atoms with E-state index < -0.39 is 23.6 Å². The molecule has 82 valence electrons. The molecule has 0 bridgehead atoms. The predicted molar refractivity (Wildman–Crippen MR) is 44.8 cm³/mol. The smallest absolute Gasteiger partial charge is 0.478 e. The maximum absolute atomic E-state index is 11.9. The zero-order chi connectivity index (χ0) is 11.6. The van der Waals surface area contributed by atoms with Crippen LogP contribution in [-0.4, -0.2) is 17.4 Å². The number of carboxylic acid groups (broad SMARTS) is 1. The highest BCUT2D eigenvalue weighted by molar-refractivity contribution is 5.92. The van der Waals surface area contributed by atoms with Gasteiger partial charge in [0, 0.05) is 0 Å². The van der Waals surface area contributed by atoms with Crippen molar-refractivity contribution in [2.45, 2.75) is 13.3 Å². The van der Waals surface area contributed by atoms with Gasteiger partial charge in [0.15, 0.2) is 0 Å². The van der Waals surface area contributed by atoms with Crippen molar-refractivity contribution in [1.82, 2.24) is 0 Å². The van der Waals surface area contributed by atoms with E-state index >= 15 is 0 Å². The molecule has 0 saturated heterocycles. The first-order chi connectivity index (χ1) is 6.81. The number of benzene rings is 1. The Balaban J connectivity index is 3.18. The van der Waals surface area contributed by atoms with Gasteiger partial charge in [0.25, 0.3) is 0 Å². The molecule has 1 N–H and O–H groups in total. The highest BCUT2D eigenvalue weighted by Crippen LogP contribution is 2.28. The minimum absolute atomic E-state index is 0.212. The molecule has 0 amide bonds. The van der Waals surface area contributed by atoms with Gasteiger partial charge in [-0.2, -0.15) is 0 Å². The van der Waals surface area contributed by atoms with Crippen LogP contribution in [0.2, 0.25) is 0 Å². The summed E-state index contributed by atoms with van der Waals surface area (Å²) >= 11 is 0. The second-order valence-electron chi connectivity index (χ2n) is 2.80. The molecule has 1 aromatic rings. The van der Waals surface area contributed by atoms with Gasteiger partial charge in [0.1, 0.15) is 11.3 Å². The largest absolute Gasteiger partial charge is 0.573 e. The van der Waals surface area contributed by atoms with E-state index in [-0.39, 0.29) is 5.56 Å². The number of aryl methyl sites for hydroxylation is 1. The summed E-state index contributed by atoms with van der Waals surface area (Å²) in [6.07, 6.45) is -4.89. The lowest BCUT2D eigenvalue weighted by Gasteiger charge is -2.12. The molecule has 1 rings (SSSR count). The molecule has 1 aromatic carbocycles. The van der Waals surface area contributed by atoms with Gasteiger partial charge in [-0.3, -0.25) is 0 Å². The van der Waals surface area contributed by atoms with Gasteiger partial charge in [0.2, 0.25) is 0 Å². The van der Waals surface area contributed by atoms with Gasteiger partial charge >= 0.3 is 12.3 Å². The van der Waals surface area contributed by atoms with Crippen LogP contribution in [0.3, 0.4) is 0 Å². The second kappa shape index (κ2) is 3.80. The lowest BCUT2D eigenvalue weighted by atomic mass is 10.1. The molecule has 0 heterocycles. The highest BCUT2D eigenvalue weighted by Gasteiger charge is 2.33. The molecule has 6 heteroatoms. The Labute approximate surface area is 83.1 Å². The quantitative estimate of drug-likeness (QED) is 0.833. The summed E-state index contributed by atoms with van der Waals surface area (Å²) in [5.41, 5.74) is -0.265. The molecule has 0 unspecified atom stereocenters. The van der Waals surface area contributed by atoms with E-state index in [2.05, 4.69) is 4.74 Å². The van der Waals surface area contributed by atoms with Crippen molar-refractivity contribution in [2.24, 2.45) is 0 Å². The molecule has 0 saturated carbocycles. The van der Waals surface area contributed by atoms with Crippen molar-refractivity contribution in [3.63, 3.8) is 0 Å². The van der Waals surface area contributed by atoms with Crippen molar-refractivity contribution in [3.8, 4) is 5.75 Å². The van der Waals surface area contributed by atoms with E-state index in [1.54, 1.807) is 0 Å². The van der Waals surface area contributed by atoms with Crippen LogP contribution in [0.15, 0.2) is 18.2 Å². The van der Waals surface area contributed by atoms with E-state index in [0.29, 0.717) is 0 Å². The first kappa shape index (κ1) is 11.4. The van der Waals surface area contributed by atoms with Crippen LogP contribution in [0.25, 0.3) is 0 Å². The first-order valence-corrected chi connectivity index (χ1v) is 3.90. The van der Waals surface area contributed by atoms with Crippen LogP contribution >= 0.6 is 0 Å². The van der Waals surface area contributed by atoms with E-state index in [0.717, 1.165) is 6.07 Å². The molecule has 0 atom stereocenters. The predicted octanol–water partition coefficient (Wildman–Crippen LogP) is 2.59. The number of halogens is 3. The normalized spacial score (nSPS) is 11.2. The van der Waals surface area contributed by atoms with Gasteiger partial charge in [-0.15, -0.1) is 13.2 Å². The zero-order valence-corrected chi connectivity index (χ0v) is 7.63. The number of hydrogen-bond donors (Lipinski definition) is 1. The molecular weight excluding hydrogens is 213 g/mol. The Kier molecular flexibility index (Phi) is 2.88. The fraction of sp³-hybridized carbons (Fsp3) is 0.222. The average molecular weight is 220 g/mol. The van der Waals surface area contributed by atoms with Gasteiger partial charge in [-0.25, -0.2) is 4.79 Å². The standard InChI is InChI=1S/C9H7F3O3/c1-5-3-2-4-6(7(5)8(13)14)15-9(10,11)12/h2-4H,1H3,(H,13,14). The molecule has 0 aliphatic carbocycles. The fourth-order valence-electron chi connectivity index (χ4n) is 1.12. The molecule has 0 radical (unpaired) electrons. The van der Waals surface area contributed by atoms with Crippen molar-refractivity contribution in [2.75, 3.05) is 0 Å². The van der Waals surface area contributed by atoms with E-state index in [1.165, 1.54) is 19.1 Å². The third-order valence-electron chi connectivity index (χ3n) is 1.67. The summed E-state index contributed by atoms with van der Waals surface area (Å²) in [5.74, 6) is -2.15. The maximum Gasteiger partial charge on any atom is 0.573 e. The Hall–Kier alpha value is -1.72. The third-order valence-corrected chi connectivity index (χ3v) is 1.67. The van der Waals surface area contributed by atoms with Crippen LogP contribution in [0.1, 0.15) is 15.9 Å². The maximum atomic E-state index is 11.9. The number of ether oxygens (including phenoxy) is 1. The Bertz CT molecular complexity index is 385. The number of alkyl halides is 3. The number of carboxylic acids is 1. The van der Waals surface area contributed by atoms with Crippen LogP contribution in [0.5, 0.6) is 5.75 Å². The van der Waals surface area contributed by atoms with E-state index in [9.17, 15) is 18.0 Å². The summed E-state index contributed by atoms with van der Waals surface area (Å²) in [6.45, 7) is 1.40. The molecule has 15 heavy (non-hydrogen) atoms. The molecule has 3 nitrogen and oxygen atoms in total. The van der Waals surface area contributed by atoms with Crippen LogP contribution < -0.4 is 4.74 Å². The Morgan fingerprint density at radius 1 is 1.40 bits per heavy atom. The fourth-order valence-corrected chi connectivity index (χ4v) is 1.12. The monoisotopic (exact) mass is 220 g/mol. The Morgan fingerprint density at radius 2 is 2.00 bits per heavy atom. The molecule has 0 spiro atoms.